The number of benzene rings is 1. The Kier molecular flexibility index (Phi) is 4.43. The van der Waals surface area contributed by atoms with Crippen LogP contribution >= 0.6 is 0 Å². The zero-order chi connectivity index (χ0) is 17.9. The second-order valence-corrected chi connectivity index (χ2v) is 6.49. The Morgan fingerprint density at radius 1 is 1.27 bits per heavy atom. The number of nitrogens with zero attached hydrogens (tertiary/aromatic N) is 3. The van der Waals surface area contributed by atoms with Gasteiger partial charge in [0.2, 0.25) is 0 Å². The minimum Gasteiger partial charge on any atom is -0.497 e. The molecule has 0 bridgehead atoms. The summed E-state index contributed by atoms with van der Waals surface area (Å²) in [4.78, 5) is 15.0. The summed E-state index contributed by atoms with van der Waals surface area (Å²) in [6.07, 6.45) is 5.39. The minimum atomic E-state index is 0.000727. The first-order chi connectivity index (χ1) is 12.8. The lowest BCUT2D eigenvalue weighted by molar-refractivity contribution is 0.0706. The van der Waals surface area contributed by atoms with Crippen LogP contribution < -0.4 is 4.74 Å². The van der Waals surface area contributed by atoms with Gasteiger partial charge in [0.1, 0.15) is 5.75 Å². The number of piperidine rings is 1. The number of rotatable bonds is 4. The topological polar surface area (TPSA) is 86.9 Å². The molecular formula is C19H21N5O2. The average molecular weight is 351 g/mol. The molecule has 1 fully saturated rings. The van der Waals surface area contributed by atoms with Gasteiger partial charge in [-0.25, -0.2) is 0 Å². The van der Waals surface area contributed by atoms with Crippen LogP contribution in [0.1, 0.15) is 34.8 Å². The van der Waals surface area contributed by atoms with E-state index in [1.807, 2.05) is 35.2 Å². The maximum absolute atomic E-state index is 13.1. The average Bonchev–Trinajstić information content (AvgIpc) is 3.39. The number of hydrogen-bond acceptors (Lipinski definition) is 4. The van der Waals surface area contributed by atoms with E-state index in [2.05, 4.69) is 20.4 Å². The van der Waals surface area contributed by atoms with E-state index >= 15 is 0 Å². The van der Waals surface area contributed by atoms with Crippen molar-refractivity contribution in [3.05, 3.63) is 54.0 Å². The SMILES string of the molecule is COc1cccc(-c2[nH]ncc2C(=O)N2CCC[C@H](c3ccn[nH]3)C2)c1. The van der Waals surface area contributed by atoms with Gasteiger partial charge in [-0.1, -0.05) is 12.1 Å². The number of nitrogens with one attached hydrogen (secondary N) is 2. The second kappa shape index (κ2) is 7.03. The van der Waals surface area contributed by atoms with E-state index in [0.717, 1.165) is 42.1 Å². The molecule has 2 N–H and O–H groups in total. The molecule has 0 saturated carbocycles. The van der Waals surface area contributed by atoms with Gasteiger partial charge < -0.3 is 9.64 Å². The molecule has 7 heteroatoms. The van der Waals surface area contributed by atoms with Gasteiger partial charge in [0.15, 0.2) is 0 Å². The smallest absolute Gasteiger partial charge is 0.257 e. The molecule has 3 aromatic rings. The van der Waals surface area contributed by atoms with E-state index in [1.165, 1.54) is 0 Å². The van der Waals surface area contributed by atoms with Crippen molar-refractivity contribution in [1.29, 1.82) is 0 Å². The number of hydrogen-bond donors (Lipinski definition) is 2. The molecule has 0 spiro atoms. The van der Waals surface area contributed by atoms with Crippen LogP contribution in [0.25, 0.3) is 11.3 Å². The summed E-state index contributed by atoms with van der Waals surface area (Å²) >= 11 is 0. The zero-order valence-electron chi connectivity index (χ0n) is 14.6. The maximum atomic E-state index is 13.1. The van der Waals surface area contributed by atoms with Crippen LogP contribution in [0.15, 0.2) is 42.7 Å². The Balaban J connectivity index is 1.58. The number of carbonyl (C=O) groups is 1. The van der Waals surface area contributed by atoms with Gasteiger partial charge in [0, 0.05) is 36.5 Å². The van der Waals surface area contributed by atoms with Crippen LogP contribution in [0.5, 0.6) is 5.75 Å². The second-order valence-electron chi connectivity index (χ2n) is 6.49. The van der Waals surface area contributed by atoms with Crippen LogP contribution in [-0.2, 0) is 0 Å². The number of aromatic nitrogens is 4. The Bertz CT molecular complexity index is 887. The van der Waals surface area contributed by atoms with Crippen molar-refractivity contribution in [2.24, 2.45) is 0 Å². The van der Waals surface area contributed by atoms with E-state index in [0.29, 0.717) is 18.0 Å². The molecule has 26 heavy (non-hydrogen) atoms. The lowest BCUT2D eigenvalue weighted by atomic mass is 9.94. The van der Waals surface area contributed by atoms with Crippen LogP contribution in [0.4, 0.5) is 0 Å². The largest absolute Gasteiger partial charge is 0.497 e. The van der Waals surface area contributed by atoms with E-state index in [1.54, 1.807) is 19.5 Å². The monoisotopic (exact) mass is 351 g/mol. The fourth-order valence-electron chi connectivity index (χ4n) is 3.53. The van der Waals surface area contributed by atoms with Gasteiger partial charge in [-0.3, -0.25) is 15.0 Å². The summed E-state index contributed by atoms with van der Waals surface area (Å²) in [5.74, 6) is 1.04. The fraction of sp³-hybridized carbons (Fsp3) is 0.316. The van der Waals surface area contributed by atoms with Crippen molar-refractivity contribution in [2.75, 3.05) is 20.2 Å². The number of ether oxygens (including phenoxy) is 1. The van der Waals surface area contributed by atoms with Crippen LogP contribution in [-0.4, -0.2) is 51.4 Å². The fourth-order valence-corrected chi connectivity index (χ4v) is 3.53. The molecule has 7 nitrogen and oxygen atoms in total. The molecule has 1 saturated heterocycles. The van der Waals surface area contributed by atoms with Gasteiger partial charge in [0.05, 0.1) is 24.6 Å². The van der Waals surface area contributed by atoms with Crippen molar-refractivity contribution in [3.63, 3.8) is 0 Å². The highest BCUT2D eigenvalue weighted by atomic mass is 16.5. The predicted octanol–water partition coefficient (Wildman–Crippen LogP) is 2.83. The highest BCUT2D eigenvalue weighted by molar-refractivity contribution is 5.99. The summed E-state index contributed by atoms with van der Waals surface area (Å²) in [7, 11) is 1.63. The first kappa shape index (κ1) is 16.4. The number of likely N-dealkylation sites (tertiary alicyclic amines) is 1. The van der Waals surface area contributed by atoms with E-state index in [4.69, 9.17) is 4.74 Å². The standard InChI is InChI=1S/C19H21N5O2/c1-26-15-6-2-4-13(10-15)18-16(11-21-23-18)19(25)24-9-3-5-14(12-24)17-7-8-20-22-17/h2,4,6-8,10-11,14H,3,5,9,12H2,1H3,(H,20,22)(H,21,23)/t14-/m0/s1. The molecule has 1 aromatic carbocycles. The van der Waals surface area contributed by atoms with E-state index < -0.39 is 0 Å². The summed E-state index contributed by atoms with van der Waals surface area (Å²) in [6.45, 7) is 1.44. The summed E-state index contributed by atoms with van der Waals surface area (Å²) < 4.78 is 5.29. The molecule has 2 aromatic heterocycles. The Morgan fingerprint density at radius 3 is 3.00 bits per heavy atom. The van der Waals surface area contributed by atoms with Gasteiger partial charge in [-0.2, -0.15) is 10.2 Å². The molecule has 1 aliphatic rings. The third kappa shape index (κ3) is 3.08. The maximum Gasteiger partial charge on any atom is 0.257 e. The van der Waals surface area contributed by atoms with Crippen LogP contribution in [0, 0.1) is 0 Å². The van der Waals surface area contributed by atoms with Gasteiger partial charge in [-0.15, -0.1) is 0 Å². The first-order valence-corrected chi connectivity index (χ1v) is 8.72. The third-order valence-electron chi connectivity index (χ3n) is 4.90. The summed E-state index contributed by atoms with van der Waals surface area (Å²) in [5.41, 5.74) is 3.27. The molecule has 1 aliphatic heterocycles. The number of methoxy groups -OCH3 is 1. The van der Waals surface area contributed by atoms with Crippen molar-refractivity contribution in [3.8, 4) is 17.0 Å². The van der Waals surface area contributed by atoms with Crippen molar-refractivity contribution < 1.29 is 9.53 Å². The minimum absolute atomic E-state index is 0.000727. The normalized spacial score (nSPS) is 17.3. The number of carbonyl (C=O) groups excluding carboxylic acids is 1. The number of H-pyrrole nitrogens is 2. The van der Waals surface area contributed by atoms with E-state index in [-0.39, 0.29) is 5.91 Å². The lowest BCUT2D eigenvalue weighted by Gasteiger charge is -2.32. The van der Waals surface area contributed by atoms with Crippen molar-refractivity contribution in [2.45, 2.75) is 18.8 Å². The van der Waals surface area contributed by atoms with E-state index in [9.17, 15) is 4.79 Å². The molecule has 0 radical (unpaired) electrons. The number of amides is 1. The Hall–Kier alpha value is -3.09. The van der Waals surface area contributed by atoms with Gasteiger partial charge in [-0.05, 0) is 31.0 Å². The molecule has 0 aliphatic carbocycles. The Labute approximate surface area is 151 Å². The molecule has 134 valence electrons. The predicted molar refractivity (Wildman–Crippen MR) is 97.0 cm³/mol. The summed E-state index contributed by atoms with van der Waals surface area (Å²) in [6, 6.07) is 9.60. The summed E-state index contributed by atoms with van der Waals surface area (Å²) in [5, 5.41) is 14.1. The molecule has 4 rings (SSSR count). The molecule has 3 heterocycles. The lowest BCUT2D eigenvalue weighted by Crippen LogP contribution is -2.39. The third-order valence-corrected chi connectivity index (χ3v) is 4.90. The first-order valence-electron chi connectivity index (χ1n) is 8.72. The molecule has 1 amide bonds. The van der Waals surface area contributed by atoms with Gasteiger partial charge >= 0.3 is 0 Å². The van der Waals surface area contributed by atoms with Crippen LogP contribution in [0.2, 0.25) is 0 Å². The van der Waals surface area contributed by atoms with Crippen LogP contribution in [0.3, 0.4) is 0 Å². The molecule has 0 unspecified atom stereocenters. The number of aromatic amines is 2. The zero-order valence-corrected chi connectivity index (χ0v) is 14.6. The molecule has 1 atom stereocenters. The quantitative estimate of drug-likeness (QED) is 0.757. The van der Waals surface area contributed by atoms with Crippen molar-refractivity contribution in [1.82, 2.24) is 25.3 Å². The molecular weight excluding hydrogens is 330 g/mol. The Morgan fingerprint density at radius 2 is 2.19 bits per heavy atom. The highest BCUT2D eigenvalue weighted by Gasteiger charge is 2.28. The highest BCUT2D eigenvalue weighted by Crippen LogP contribution is 2.29. The van der Waals surface area contributed by atoms with Gasteiger partial charge in [0.25, 0.3) is 5.91 Å². The van der Waals surface area contributed by atoms with Crippen molar-refractivity contribution >= 4 is 5.91 Å².